The van der Waals surface area contributed by atoms with Crippen molar-refractivity contribution >= 4 is 17.8 Å². The summed E-state index contributed by atoms with van der Waals surface area (Å²) in [4.78, 5) is 17.6. The second-order valence-corrected chi connectivity index (χ2v) is 4.83. The van der Waals surface area contributed by atoms with Gasteiger partial charge in [-0.05, 0) is 26.7 Å². The number of anilines is 3. The summed E-state index contributed by atoms with van der Waals surface area (Å²) >= 11 is 0. The van der Waals surface area contributed by atoms with Gasteiger partial charge in [0.05, 0.1) is 6.61 Å². The Kier molecular flexibility index (Phi) is 4.94. The first kappa shape index (κ1) is 14.8. The summed E-state index contributed by atoms with van der Waals surface area (Å²) < 4.78 is 0. The molecule has 0 atom stereocenters. The van der Waals surface area contributed by atoms with Crippen molar-refractivity contribution in [3.63, 3.8) is 0 Å². The highest BCUT2D eigenvalue weighted by Crippen LogP contribution is 2.30. The molecule has 1 aliphatic carbocycles. The highest BCUT2D eigenvalue weighted by atomic mass is 16.3. The van der Waals surface area contributed by atoms with Gasteiger partial charge >= 0.3 is 0 Å². The van der Waals surface area contributed by atoms with E-state index in [1.165, 1.54) is 0 Å². The fourth-order valence-electron chi connectivity index (χ4n) is 2.18. The summed E-state index contributed by atoms with van der Waals surface area (Å²) in [5.41, 5.74) is 0. The first-order valence-electron chi connectivity index (χ1n) is 7.29. The maximum absolute atomic E-state index is 9.23. The van der Waals surface area contributed by atoms with E-state index in [2.05, 4.69) is 43.9 Å². The van der Waals surface area contributed by atoms with Crippen molar-refractivity contribution < 1.29 is 5.11 Å². The Labute approximate surface area is 120 Å². The molecule has 0 bridgehead atoms. The molecule has 7 heteroatoms. The lowest BCUT2D eigenvalue weighted by Crippen LogP contribution is -2.32. The highest BCUT2D eigenvalue weighted by Gasteiger charge is 2.31. The average Bonchev–Trinajstić information content (AvgIpc) is 3.30. The van der Waals surface area contributed by atoms with Crippen molar-refractivity contribution in [1.29, 1.82) is 0 Å². The van der Waals surface area contributed by atoms with E-state index in [4.69, 9.17) is 0 Å². The predicted molar refractivity (Wildman–Crippen MR) is 80.4 cm³/mol. The van der Waals surface area contributed by atoms with E-state index in [9.17, 15) is 5.11 Å². The van der Waals surface area contributed by atoms with Gasteiger partial charge in [0.1, 0.15) is 0 Å². The number of hydrogen-bond donors (Lipinski definition) is 2. The molecule has 20 heavy (non-hydrogen) atoms. The van der Waals surface area contributed by atoms with Crippen LogP contribution in [0.15, 0.2) is 0 Å². The quantitative estimate of drug-likeness (QED) is 0.726. The van der Waals surface area contributed by atoms with Crippen molar-refractivity contribution in [1.82, 2.24) is 15.0 Å². The third-order valence-electron chi connectivity index (χ3n) is 3.47. The molecule has 1 saturated carbocycles. The minimum Gasteiger partial charge on any atom is -0.395 e. The van der Waals surface area contributed by atoms with Crippen LogP contribution in [0.2, 0.25) is 0 Å². The number of aliphatic hydroxyl groups excluding tert-OH is 1. The Morgan fingerprint density at radius 2 is 1.80 bits per heavy atom. The molecule has 1 fully saturated rings. The van der Waals surface area contributed by atoms with Crippen molar-refractivity contribution in [2.75, 3.05) is 48.4 Å². The zero-order chi connectivity index (χ0) is 14.5. The summed E-state index contributed by atoms with van der Waals surface area (Å²) in [6.07, 6.45) is 2.28. The largest absolute Gasteiger partial charge is 0.395 e. The molecular weight excluding hydrogens is 256 g/mol. The normalized spacial score (nSPS) is 14.2. The summed E-state index contributed by atoms with van der Waals surface area (Å²) in [5, 5.41) is 12.2. The van der Waals surface area contributed by atoms with E-state index in [-0.39, 0.29) is 6.61 Å². The van der Waals surface area contributed by atoms with Crippen LogP contribution in [0.5, 0.6) is 0 Å². The molecule has 0 amide bonds. The van der Waals surface area contributed by atoms with Crippen molar-refractivity contribution in [2.24, 2.45) is 0 Å². The average molecular weight is 280 g/mol. The SMILES string of the molecule is CCN(CC)c1nc(NC)nc(N(CCO)C2CC2)n1. The molecule has 0 spiro atoms. The van der Waals surface area contributed by atoms with Crippen LogP contribution in [0.3, 0.4) is 0 Å². The van der Waals surface area contributed by atoms with Gasteiger partial charge in [-0.2, -0.15) is 15.0 Å². The third kappa shape index (κ3) is 3.27. The molecule has 2 rings (SSSR count). The zero-order valence-electron chi connectivity index (χ0n) is 12.5. The first-order chi connectivity index (χ1) is 9.73. The minimum atomic E-state index is 0.109. The van der Waals surface area contributed by atoms with E-state index in [1.807, 2.05) is 0 Å². The van der Waals surface area contributed by atoms with Crippen LogP contribution in [-0.4, -0.2) is 59.4 Å². The molecule has 0 unspecified atom stereocenters. The van der Waals surface area contributed by atoms with Crippen LogP contribution < -0.4 is 15.1 Å². The highest BCUT2D eigenvalue weighted by molar-refractivity contribution is 5.46. The Hall–Kier alpha value is -1.63. The van der Waals surface area contributed by atoms with Gasteiger partial charge < -0.3 is 20.2 Å². The molecule has 2 N–H and O–H groups in total. The van der Waals surface area contributed by atoms with Gasteiger partial charge in [-0.25, -0.2) is 0 Å². The number of nitrogens with zero attached hydrogens (tertiary/aromatic N) is 5. The second-order valence-electron chi connectivity index (χ2n) is 4.83. The Bertz CT molecular complexity index is 433. The van der Waals surface area contributed by atoms with Gasteiger partial charge in [-0.1, -0.05) is 0 Å². The molecule has 112 valence electrons. The minimum absolute atomic E-state index is 0.109. The number of nitrogens with one attached hydrogen (secondary N) is 1. The Morgan fingerprint density at radius 3 is 2.30 bits per heavy atom. The lowest BCUT2D eigenvalue weighted by Gasteiger charge is -2.24. The Balaban J connectivity index is 2.33. The third-order valence-corrected chi connectivity index (χ3v) is 3.47. The van der Waals surface area contributed by atoms with Gasteiger partial charge in [0.25, 0.3) is 0 Å². The van der Waals surface area contributed by atoms with E-state index in [0.717, 1.165) is 25.9 Å². The van der Waals surface area contributed by atoms with Gasteiger partial charge in [-0.3, -0.25) is 0 Å². The molecule has 0 aliphatic heterocycles. The topological polar surface area (TPSA) is 77.4 Å². The van der Waals surface area contributed by atoms with Gasteiger partial charge in [0, 0.05) is 32.7 Å². The molecule has 1 aromatic rings. The smallest absolute Gasteiger partial charge is 0.232 e. The van der Waals surface area contributed by atoms with Crippen LogP contribution in [0.4, 0.5) is 17.8 Å². The lowest BCUT2D eigenvalue weighted by atomic mass is 10.5. The maximum Gasteiger partial charge on any atom is 0.232 e. The van der Waals surface area contributed by atoms with Crippen LogP contribution in [0.25, 0.3) is 0 Å². The van der Waals surface area contributed by atoms with E-state index < -0.39 is 0 Å². The molecule has 7 nitrogen and oxygen atoms in total. The van der Waals surface area contributed by atoms with E-state index in [1.54, 1.807) is 7.05 Å². The maximum atomic E-state index is 9.23. The van der Waals surface area contributed by atoms with E-state index in [0.29, 0.717) is 30.4 Å². The molecule has 0 aromatic carbocycles. The van der Waals surface area contributed by atoms with Crippen LogP contribution in [0, 0.1) is 0 Å². The molecule has 1 aliphatic rings. The number of hydrogen-bond acceptors (Lipinski definition) is 7. The van der Waals surface area contributed by atoms with Gasteiger partial charge in [0.15, 0.2) is 0 Å². The fraction of sp³-hybridized carbons (Fsp3) is 0.769. The Morgan fingerprint density at radius 1 is 1.15 bits per heavy atom. The molecule has 0 saturated heterocycles. The number of aliphatic hydroxyl groups is 1. The van der Waals surface area contributed by atoms with E-state index >= 15 is 0 Å². The van der Waals surface area contributed by atoms with Crippen LogP contribution in [0.1, 0.15) is 26.7 Å². The lowest BCUT2D eigenvalue weighted by molar-refractivity contribution is 0.300. The standard InChI is InChI=1S/C13H24N6O/c1-4-18(5-2)12-15-11(14-3)16-13(17-12)19(8-9-20)10-6-7-10/h10,20H,4-9H2,1-3H3,(H,14,15,16,17). The van der Waals surface area contributed by atoms with Crippen LogP contribution >= 0.6 is 0 Å². The zero-order valence-corrected chi connectivity index (χ0v) is 12.5. The van der Waals surface area contributed by atoms with Crippen molar-refractivity contribution in [2.45, 2.75) is 32.7 Å². The van der Waals surface area contributed by atoms with Crippen LogP contribution in [-0.2, 0) is 0 Å². The van der Waals surface area contributed by atoms with Crippen molar-refractivity contribution in [3.8, 4) is 0 Å². The first-order valence-corrected chi connectivity index (χ1v) is 7.29. The summed E-state index contributed by atoms with van der Waals surface area (Å²) in [7, 11) is 1.80. The second kappa shape index (κ2) is 6.69. The summed E-state index contributed by atoms with van der Waals surface area (Å²) in [6.45, 7) is 6.54. The van der Waals surface area contributed by atoms with Gasteiger partial charge in [0.2, 0.25) is 17.8 Å². The van der Waals surface area contributed by atoms with Crippen molar-refractivity contribution in [3.05, 3.63) is 0 Å². The summed E-state index contributed by atoms with van der Waals surface area (Å²) in [5.74, 6) is 1.91. The number of aromatic nitrogens is 3. The fourth-order valence-corrected chi connectivity index (χ4v) is 2.18. The molecule has 1 heterocycles. The molecule has 1 aromatic heterocycles. The molecule has 0 radical (unpaired) electrons. The van der Waals surface area contributed by atoms with Gasteiger partial charge in [-0.15, -0.1) is 0 Å². The number of rotatable bonds is 8. The monoisotopic (exact) mass is 280 g/mol. The summed E-state index contributed by atoms with van der Waals surface area (Å²) in [6, 6.07) is 0.457. The predicted octanol–water partition coefficient (Wildman–Crippen LogP) is 0.721. The molecular formula is C13H24N6O.